The van der Waals surface area contributed by atoms with E-state index in [1.807, 2.05) is 6.92 Å². The highest BCUT2D eigenvalue weighted by molar-refractivity contribution is 7.92. The molecule has 1 N–H and O–H groups in total. The Kier molecular flexibility index (Phi) is 5.49. The minimum atomic E-state index is -4.03. The van der Waals surface area contributed by atoms with Crippen LogP contribution in [0.2, 0.25) is 0 Å². The topological polar surface area (TPSA) is 89.5 Å². The smallest absolute Gasteiger partial charge is 0.408 e. The van der Waals surface area contributed by atoms with Gasteiger partial charge in [0.05, 0.1) is 4.90 Å². The molecule has 2 aromatic carbocycles. The van der Waals surface area contributed by atoms with Crippen molar-refractivity contribution in [2.75, 3.05) is 0 Å². The average molecular weight is 434 g/mol. The molecule has 0 saturated heterocycles. The number of aryl methyl sites for hydroxylation is 1. The maximum absolute atomic E-state index is 13.8. The quantitative estimate of drug-likeness (QED) is 0.729. The van der Waals surface area contributed by atoms with Crippen LogP contribution < -0.4 is 5.32 Å². The van der Waals surface area contributed by atoms with Crippen molar-refractivity contribution < 1.29 is 27.1 Å². The summed E-state index contributed by atoms with van der Waals surface area (Å²) in [5.41, 5.74) is -1.43. The first-order chi connectivity index (χ1) is 13.9. The first-order valence-electron chi connectivity index (χ1n) is 9.44. The molecule has 1 amide bonds. The molecule has 0 heterocycles. The number of rotatable bonds is 5. The molecule has 1 saturated carbocycles. The molecule has 30 heavy (non-hydrogen) atoms. The molecule has 6 nitrogen and oxygen atoms in total. The minimum Gasteiger partial charge on any atom is -0.444 e. The molecule has 3 atom stereocenters. The van der Waals surface area contributed by atoms with Crippen molar-refractivity contribution in [3.8, 4) is 0 Å². The van der Waals surface area contributed by atoms with Gasteiger partial charge >= 0.3 is 6.09 Å². The van der Waals surface area contributed by atoms with Gasteiger partial charge in [0.25, 0.3) is 0 Å². The monoisotopic (exact) mass is 433 g/mol. The summed E-state index contributed by atoms with van der Waals surface area (Å²) in [7, 11) is -4.03. The van der Waals surface area contributed by atoms with Crippen molar-refractivity contribution in [3.05, 3.63) is 65.5 Å². The lowest BCUT2D eigenvalue weighted by molar-refractivity contribution is -0.110. The lowest BCUT2D eigenvalue weighted by Gasteiger charge is -2.22. The lowest BCUT2D eigenvalue weighted by Crippen LogP contribution is -2.45. The number of ether oxygens (including phenoxy) is 1. The van der Waals surface area contributed by atoms with Gasteiger partial charge in [-0.2, -0.15) is 0 Å². The summed E-state index contributed by atoms with van der Waals surface area (Å²) >= 11 is 0. The van der Waals surface area contributed by atoms with Crippen molar-refractivity contribution >= 4 is 22.2 Å². The van der Waals surface area contributed by atoms with Gasteiger partial charge in [-0.1, -0.05) is 29.8 Å². The fraction of sp³-hybridized carbons (Fsp3) is 0.364. The Labute approximate surface area is 175 Å². The molecule has 8 heteroatoms. The molecule has 0 spiro atoms. The molecule has 0 unspecified atom stereocenters. The zero-order chi connectivity index (χ0) is 22.3. The van der Waals surface area contributed by atoms with Gasteiger partial charge in [-0.25, -0.2) is 17.6 Å². The van der Waals surface area contributed by atoms with Gasteiger partial charge in [-0.05, 0) is 57.5 Å². The van der Waals surface area contributed by atoms with E-state index in [4.69, 9.17) is 4.74 Å². The number of benzene rings is 2. The Morgan fingerprint density at radius 1 is 1.17 bits per heavy atom. The summed E-state index contributed by atoms with van der Waals surface area (Å²) in [6.07, 6.45) is -0.513. The van der Waals surface area contributed by atoms with E-state index in [2.05, 4.69) is 5.32 Å². The molecule has 1 fully saturated rings. The normalized spacial score (nSPS) is 23.5. The first-order valence-corrected chi connectivity index (χ1v) is 11.0. The Bertz CT molecular complexity index is 1080. The summed E-state index contributed by atoms with van der Waals surface area (Å²) in [6, 6.07) is 11.6. The van der Waals surface area contributed by atoms with Gasteiger partial charge in [-0.3, -0.25) is 0 Å². The predicted molar refractivity (Wildman–Crippen MR) is 109 cm³/mol. The van der Waals surface area contributed by atoms with E-state index in [-0.39, 0.29) is 4.90 Å². The van der Waals surface area contributed by atoms with Crippen LogP contribution in [0.25, 0.3) is 0 Å². The van der Waals surface area contributed by atoms with Crippen LogP contribution in [0.3, 0.4) is 0 Å². The summed E-state index contributed by atoms with van der Waals surface area (Å²) in [5, 5.41) is 1.16. The zero-order valence-corrected chi connectivity index (χ0v) is 18.0. The Hall–Kier alpha value is -2.74. The van der Waals surface area contributed by atoms with E-state index in [9.17, 15) is 22.4 Å². The fourth-order valence-corrected chi connectivity index (χ4v) is 5.88. The molecule has 160 valence electrons. The number of carbonyl (C=O) groups is 2. The largest absolute Gasteiger partial charge is 0.444 e. The van der Waals surface area contributed by atoms with Gasteiger partial charge in [0.2, 0.25) is 0 Å². The highest BCUT2D eigenvalue weighted by Crippen LogP contribution is 2.56. The standard InChI is InChI=1S/C22H24FNO5S/c1-14-8-10-17(11-9-14)30(27,28)19-18(15-6-5-7-16(23)12-15)22(19,13-25)24-20(26)29-21(2,3)4/h5-13,18-19H,1-4H3,(H,24,26)/t18-,19-,22-/m1/s1. The predicted octanol–water partition coefficient (Wildman–Crippen LogP) is 3.54. The number of halogens is 1. The van der Waals surface area contributed by atoms with E-state index in [1.54, 1.807) is 32.9 Å². The second-order valence-electron chi connectivity index (χ2n) is 8.49. The highest BCUT2D eigenvalue weighted by atomic mass is 32.2. The first kappa shape index (κ1) is 22.0. The van der Waals surface area contributed by atoms with Crippen molar-refractivity contribution in [1.29, 1.82) is 0 Å². The Balaban J connectivity index is 2.06. The average Bonchev–Trinajstić information content (AvgIpc) is 3.30. The second-order valence-corrected chi connectivity index (χ2v) is 10.6. The number of hydrogen-bond donors (Lipinski definition) is 1. The zero-order valence-electron chi connectivity index (χ0n) is 17.2. The molecule has 0 radical (unpaired) electrons. The molecule has 0 bridgehead atoms. The van der Waals surface area contributed by atoms with Crippen LogP contribution in [0.5, 0.6) is 0 Å². The SMILES string of the molecule is Cc1ccc(S(=O)(=O)[C@@H]2[C@@H](c3cccc(F)c3)[C@@]2(C=O)NC(=O)OC(C)(C)C)cc1. The van der Waals surface area contributed by atoms with Gasteiger partial charge in [-0.15, -0.1) is 0 Å². The minimum absolute atomic E-state index is 0.0224. The van der Waals surface area contributed by atoms with E-state index in [0.29, 0.717) is 11.8 Å². The maximum Gasteiger partial charge on any atom is 0.408 e. The second kappa shape index (κ2) is 7.50. The molecule has 2 aromatic rings. The Morgan fingerprint density at radius 3 is 2.33 bits per heavy atom. The molecular weight excluding hydrogens is 409 g/mol. The summed E-state index contributed by atoms with van der Waals surface area (Å²) in [6.45, 7) is 6.77. The molecule has 0 aromatic heterocycles. The molecule has 1 aliphatic rings. The third-order valence-corrected chi connectivity index (χ3v) is 7.24. The number of aldehydes is 1. The van der Waals surface area contributed by atoms with E-state index < -0.39 is 44.1 Å². The highest BCUT2D eigenvalue weighted by Gasteiger charge is 2.73. The third kappa shape index (κ3) is 4.09. The Morgan fingerprint density at radius 2 is 1.80 bits per heavy atom. The number of carbonyl (C=O) groups excluding carboxylic acids is 2. The summed E-state index contributed by atoms with van der Waals surface area (Å²) < 4.78 is 45.8. The fourth-order valence-electron chi connectivity index (χ4n) is 3.63. The van der Waals surface area contributed by atoms with Crippen LogP contribution in [0.15, 0.2) is 53.4 Å². The molecule has 1 aliphatic carbocycles. The number of hydrogen-bond acceptors (Lipinski definition) is 5. The lowest BCUT2D eigenvalue weighted by atomic mass is 10.1. The van der Waals surface area contributed by atoms with Crippen LogP contribution >= 0.6 is 0 Å². The van der Waals surface area contributed by atoms with Gasteiger partial charge < -0.3 is 14.8 Å². The summed E-state index contributed by atoms with van der Waals surface area (Å²) in [4.78, 5) is 24.6. The summed E-state index contributed by atoms with van der Waals surface area (Å²) in [5.74, 6) is -1.52. The number of nitrogens with one attached hydrogen (secondary N) is 1. The van der Waals surface area contributed by atoms with E-state index >= 15 is 0 Å². The third-order valence-electron chi connectivity index (χ3n) is 4.98. The van der Waals surface area contributed by atoms with Crippen molar-refractivity contribution in [2.45, 2.75) is 54.9 Å². The van der Waals surface area contributed by atoms with Crippen LogP contribution in [0.4, 0.5) is 9.18 Å². The van der Waals surface area contributed by atoms with Crippen molar-refractivity contribution in [2.24, 2.45) is 0 Å². The van der Waals surface area contributed by atoms with Crippen molar-refractivity contribution in [1.82, 2.24) is 5.32 Å². The molecular formula is C22H24FNO5S. The van der Waals surface area contributed by atoms with Crippen LogP contribution in [0, 0.1) is 12.7 Å². The van der Waals surface area contributed by atoms with Crippen LogP contribution in [0.1, 0.15) is 37.8 Å². The number of sulfone groups is 1. The van der Waals surface area contributed by atoms with Crippen LogP contribution in [-0.4, -0.2) is 37.2 Å². The van der Waals surface area contributed by atoms with Gasteiger partial charge in [0.1, 0.15) is 28.5 Å². The molecule has 0 aliphatic heterocycles. The maximum atomic E-state index is 13.8. The van der Waals surface area contributed by atoms with E-state index in [0.717, 1.165) is 5.56 Å². The number of alkyl carbamates (subject to hydrolysis) is 1. The van der Waals surface area contributed by atoms with Crippen LogP contribution in [-0.2, 0) is 19.4 Å². The van der Waals surface area contributed by atoms with E-state index in [1.165, 1.54) is 36.4 Å². The van der Waals surface area contributed by atoms with Gasteiger partial charge in [0, 0.05) is 5.92 Å². The molecule has 3 rings (SSSR count). The number of amides is 1. The van der Waals surface area contributed by atoms with Gasteiger partial charge in [0.15, 0.2) is 9.84 Å². The van der Waals surface area contributed by atoms with Crippen molar-refractivity contribution in [3.63, 3.8) is 0 Å².